The largest absolute Gasteiger partial charge is 0.383 e. The molecule has 1 heterocycles. The lowest BCUT2D eigenvalue weighted by Crippen LogP contribution is -2.30. The Morgan fingerprint density at radius 1 is 1.57 bits per heavy atom. The van der Waals surface area contributed by atoms with Crippen LogP contribution in [0.15, 0.2) is 18.2 Å². The Bertz CT molecular complexity index is 642. The quantitative estimate of drug-likeness (QED) is 0.657. The summed E-state index contributed by atoms with van der Waals surface area (Å²) in [5, 5.41) is 2.29. The van der Waals surface area contributed by atoms with Crippen molar-refractivity contribution in [2.45, 2.75) is 18.8 Å². The molecule has 0 aliphatic carbocycles. The number of para-hydroxylation sites is 1. The molecule has 114 valence electrons. The maximum absolute atomic E-state index is 13.8. The first-order valence-corrected chi connectivity index (χ1v) is 7.02. The molecule has 1 amide bonds. The van der Waals surface area contributed by atoms with Gasteiger partial charge in [0, 0.05) is 13.7 Å². The number of nitrogens with one attached hydrogen (secondary N) is 1. The number of halogens is 2. The first-order chi connectivity index (χ1) is 10.0. The normalized spacial score (nSPS) is 12.6. The van der Waals surface area contributed by atoms with Gasteiger partial charge in [0.15, 0.2) is 5.82 Å². The zero-order chi connectivity index (χ0) is 15.4. The number of aromatic nitrogens is 2. The summed E-state index contributed by atoms with van der Waals surface area (Å²) in [6.07, 6.45) is 0. The van der Waals surface area contributed by atoms with E-state index in [0.29, 0.717) is 24.5 Å². The number of carbonyl (C=O) groups excluding carboxylic acids is 1. The SMILES string of the molecule is COCCNC(=O)Cn1c(C(C)Cl)nc2c(F)cccc21. The standard InChI is InChI=1S/C14H17ClFN3O2/c1-9(15)14-18-13-10(16)4-3-5-11(13)19(14)8-12(20)17-6-7-21-2/h3-5,9H,6-8H2,1-2H3,(H,17,20). The number of amides is 1. The molecule has 0 bridgehead atoms. The number of hydrogen-bond donors (Lipinski definition) is 1. The predicted molar refractivity (Wildman–Crippen MR) is 78.8 cm³/mol. The Balaban J connectivity index is 2.30. The van der Waals surface area contributed by atoms with Gasteiger partial charge in [-0.1, -0.05) is 6.07 Å². The van der Waals surface area contributed by atoms with E-state index in [0.717, 1.165) is 0 Å². The van der Waals surface area contributed by atoms with Crippen LogP contribution in [0.2, 0.25) is 0 Å². The number of benzene rings is 1. The van der Waals surface area contributed by atoms with Crippen molar-refractivity contribution in [3.8, 4) is 0 Å². The topological polar surface area (TPSA) is 56.1 Å². The van der Waals surface area contributed by atoms with Crippen molar-refractivity contribution in [1.29, 1.82) is 0 Å². The molecule has 7 heteroatoms. The third kappa shape index (κ3) is 3.51. The van der Waals surface area contributed by atoms with Crippen molar-refractivity contribution in [2.75, 3.05) is 20.3 Å². The first kappa shape index (κ1) is 15.7. The monoisotopic (exact) mass is 313 g/mol. The van der Waals surface area contributed by atoms with Crippen LogP contribution in [0.1, 0.15) is 18.1 Å². The second-order valence-corrected chi connectivity index (χ2v) is 5.28. The van der Waals surface area contributed by atoms with Crippen LogP contribution in [-0.4, -0.2) is 35.7 Å². The predicted octanol–water partition coefficient (Wildman–Crippen LogP) is 2.24. The molecular weight excluding hydrogens is 297 g/mol. The van der Waals surface area contributed by atoms with Crippen molar-refractivity contribution in [1.82, 2.24) is 14.9 Å². The number of ether oxygens (including phenoxy) is 1. The molecule has 0 saturated heterocycles. The van der Waals surface area contributed by atoms with Crippen LogP contribution in [-0.2, 0) is 16.1 Å². The van der Waals surface area contributed by atoms with Gasteiger partial charge in [-0.2, -0.15) is 0 Å². The second kappa shape index (κ2) is 6.87. The summed E-state index contributed by atoms with van der Waals surface area (Å²) >= 11 is 6.08. The average Bonchev–Trinajstić information content (AvgIpc) is 2.80. The van der Waals surface area contributed by atoms with Crippen LogP contribution >= 0.6 is 11.6 Å². The van der Waals surface area contributed by atoms with Gasteiger partial charge in [0.1, 0.15) is 17.9 Å². The molecule has 1 aromatic carbocycles. The molecule has 2 aromatic rings. The fourth-order valence-electron chi connectivity index (χ4n) is 2.09. The molecule has 1 N–H and O–H groups in total. The number of imidazole rings is 1. The van der Waals surface area contributed by atoms with Crippen LogP contribution in [0.3, 0.4) is 0 Å². The molecule has 21 heavy (non-hydrogen) atoms. The van der Waals surface area contributed by atoms with E-state index in [1.165, 1.54) is 6.07 Å². The fraction of sp³-hybridized carbons (Fsp3) is 0.429. The van der Waals surface area contributed by atoms with Gasteiger partial charge in [0.05, 0.1) is 17.5 Å². The highest BCUT2D eigenvalue weighted by atomic mass is 35.5. The van der Waals surface area contributed by atoms with Gasteiger partial charge in [0.25, 0.3) is 0 Å². The van der Waals surface area contributed by atoms with E-state index in [1.807, 2.05) is 0 Å². The molecule has 0 radical (unpaired) electrons. The van der Waals surface area contributed by atoms with Gasteiger partial charge in [-0.25, -0.2) is 9.37 Å². The molecule has 2 rings (SSSR count). The summed E-state index contributed by atoms with van der Waals surface area (Å²) in [5.41, 5.74) is 0.782. The zero-order valence-electron chi connectivity index (χ0n) is 11.9. The lowest BCUT2D eigenvalue weighted by atomic mass is 10.3. The molecule has 1 aromatic heterocycles. The molecule has 0 aliphatic rings. The summed E-state index contributed by atoms with van der Waals surface area (Å²) in [4.78, 5) is 16.1. The number of alkyl halides is 1. The number of fused-ring (bicyclic) bond motifs is 1. The van der Waals surface area contributed by atoms with E-state index in [4.69, 9.17) is 16.3 Å². The van der Waals surface area contributed by atoms with Gasteiger partial charge in [0.2, 0.25) is 5.91 Å². The molecule has 0 aliphatic heterocycles. The van der Waals surface area contributed by atoms with E-state index >= 15 is 0 Å². The maximum atomic E-state index is 13.8. The molecular formula is C14H17ClFN3O2. The van der Waals surface area contributed by atoms with Gasteiger partial charge >= 0.3 is 0 Å². The third-order valence-electron chi connectivity index (χ3n) is 3.05. The van der Waals surface area contributed by atoms with Crippen molar-refractivity contribution in [2.24, 2.45) is 0 Å². The molecule has 0 spiro atoms. The Morgan fingerprint density at radius 3 is 3.00 bits per heavy atom. The van der Waals surface area contributed by atoms with Crippen LogP contribution in [0.5, 0.6) is 0 Å². The Hall–Kier alpha value is -1.66. The van der Waals surface area contributed by atoms with Crippen molar-refractivity contribution < 1.29 is 13.9 Å². The Morgan fingerprint density at radius 2 is 2.33 bits per heavy atom. The summed E-state index contributed by atoms with van der Waals surface area (Å²) in [7, 11) is 1.56. The van der Waals surface area contributed by atoms with E-state index in [2.05, 4.69) is 10.3 Å². The van der Waals surface area contributed by atoms with E-state index in [1.54, 1.807) is 30.7 Å². The van der Waals surface area contributed by atoms with Crippen LogP contribution in [0.25, 0.3) is 11.0 Å². The van der Waals surface area contributed by atoms with Crippen LogP contribution in [0.4, 0.5) is 4.39 Å². The molecule has 1 atom stereocenters. The third-order valence-corrected chi connectivity index (χ3v) is 3.24. The highest BCUT2D eigenvalue weighted by molar-refractivity contribution is 6.20. The molecule has 5 nitrogen and oxygen atoms in total. The highest BCUT2D eigenvalue weighted by Gasteiger charge is 2.18. The number of rotatable bonds is 6. The lowest BCUT2D eigenvalue weighted by Gasteiger charge is -2.10. The highest BCUT2D eigenvalue weighted by Crippen LogP contribution is 2.25. The van der Waals surface area contributed by atoms with Crippen molar-refractivity contribution in [3.63, 3.8) is 0 Å². The molecule has 0 fully saturated rings. The van der Waals surface area contributed by atoms with E-state index < -0.39 is 11.2 Å². The van der Waals surface area contributed by atoms with Gasteiger partial charge < -0.3 is 14.6 Å². The van der Waals surface area contributed by atoms with E-state index in [-0.39, 0.29) is 18.0 Å². The summed E-state index contributed by atoms with van der Waals surface area (Å²) in [5.74, 6) is -0.155. The molecule has 0 saturated carbocycles. The van der Waals surface area contributed by atoms with Gasteiger partial charge in [-0.3, -0.25) is 4.79 Å². The first-order valence-electron chi connectivity index (χ1n) is 6.59. The second-order valence-electron chi connectivity index (χ2n) is 4.62. The zero-order valence-corrected chi connectivity index (χ0v) is 12.7. The maximum Gasteiger partial charge on any atom is 0.240 e. The average molecular weight is 314 g/mol. The number of carbonyl (C=O) groups is 1. The smallest absolute Gasteiger partial charge is 0.240 e. The molecule has 1 unspecified atom stereocenters. The van der Waals surface area contributed by atoms with Crippen molar-refractivity contribution >= 4 is 28.5 Å². The Labute approximate surface area is 127 Å². The van der Waals surface area contributed by atoms with E-state index in [9.17, 15) is 9.18 Å². The number of nitrogens with zero attached hydrogens (tertiary/aromatic N) is 2. The number of methoxy groups -OCH3 is 1. The minimum absolute atomic E-state index is 0.0378. The Kier molecular flexibility index (Phi) is 5.14. The van der Waals surface area contributed by atoms with Gasteiger partial charge in [-0.15, -0.1) is 11.6 Å². The summed E-state index contributed by atoms with van der Waals surface area (Å²) in [6.45, 7) is 2.63. The van der Waals surface area contributed by atoms with Crippen LogP contribution in [0, 0.1) is 5.82 Å². The summed E-state index contributed by atoms with van der Waals surface area (Å²) in [6, 6.07) is 4.64. The minimum atomic E-state index is -0.427. The fourth-order valence-corrected chi connectivity index (χ4v) is 2.26. The number of hydrogen-bond acceptors (Lipinski definition) is 3. The van der Waals surface area contributed by atoms with Crippen molar-refractivity contribution in [3.05, 3.63) is 29.8 Å². The van der Waals surface area contributed by atoms with Crippen LogP contribution < -0.4 is 5.32 Å². The van der Waals surface area contributed by atoms with Gasteiger partial charge in [-0.05, 0) is 19.1 Å². The minimum Gasteiger partial charge on any atom is -0.383 e. The lowest BCUT2D eigenvalue weighted by molar-refractivity contribution is -0.121. The summed E-state index contributed by atoms with van der Waals surface area (Å²) < 4.78 is 20.3.